The van der Waals surface area contributed by atoms with Crippen LogP contribution in [-0.4, -0.2) is 9.97 Å². The summed E-state index contributed by atoms with van der Waals surface area (Å²) in [7, 11) is 0. The van der Waals surface area contributed by atoms with Crippen molar-refractivity contribution in [2.75, 3.05) is 0 Å². The summed E-state index contributed by atoms with van der Waals surface area (Å²) in [6.45, 7) is 0. The Morgan fingerprint density at radius 1 is 0.558 bits per heavy atom. The van der Waals surface area contributed by atoms with Crippen LogP contribution in [-0.2, 0) is 26.5 Å². The normalized spacial score (nSPS) is 12.7. The Balaban J connectivity index is 0.00000300. The van der Waals surface area contributed by atoms with E-state index in [1.54, 1.807) is 0 Å². The minimum Gasteiger partial charge on any atom is -0.503 e. The van der Waals surface area contributed by atoms with Gasteiger partial charge in [-0.25, -0.2) is 0 Å². The summed E-state index contributed by atoms with van der Waals surface area (Å²) in [6, 6.07) is 52.7. The largest absolute Gasteiger partial charge is 2.00 e. The molecule has 2 aromatic heterocycles. The second kappa shape index (κ2) is 11.1. The Morgan fingerprint density at radius 3 is 1.95 bits per heavy atom. The van der Waals surface area contributed by atoms with Crippen LogP contribution in [0.5, 0.6) is 11.5 Å². The first-order chi connectivity index (χ1) is 20.8. The van der Waals surface area contributed by atoms with Crippen LogP contribution in [0.3, 0.4) is 0 Å². The summed E-state index contributed by atoms with van der Waals surface area (Å²) < 4.78 is 6.43. The molecule has 1 aliphatic carbocycles. The van der Waals surface area contributed by atoms with E-state index in [2.05, 4.69) is 102 Å². The topological polar surface area (TPSA) is 35.0 Å². The zero-order valence-corrected chi connectivity index (χ0v) is 25.2. The van der Waals surface area contributed by atoms with Crippen molar-refractivity contribution in [2.45, 2.75) is 5.41 Å². The Morgan fingerprint density at radius 2 is 1.21 bits per heavy atom. The van der Waals surface area contributed by atoms with Gasteiger partial charge < -0.3 is 9.72 Å². The Bertz CT molecular complexity index is 2040. The predicted octanol–water partition coefficient (Wildman–Crippen LogP) is 9.05. The van der Waals surface area contributed by atoms with Crippen molar-refractivity contribution in [1.29, 1.82) is 0 Å². The van der Waals surface area contributed by atoms with Crippen LogP contribution in [0.25, 0.3) is 33.2 Å². The van der Waals surface area contributed by atoms with E-state index in [9.17, 15) is 0 Å². The molecular weight excluding hydrogens is 708 g/mol. The molecule has 0 saturated heterocycles. The van der Waals surface area contributed by atoms with Crippen LogP contribution in [0.2, 0.25) is 0 Å². The van der Waals surface area contributed by atoms with E-state index in [-0.39, 0.29) is 21.1 Å². The molecule has 0 saturated carbocycles. The van der Waals surface area contributed by atoms with Crippen LogP contribution in [0.1, 0.15) is 22.4 Å². The van der Waals surface area contributed by atoms with Crippen LogP contribution >= 0.6 is 0 Å². The maximum atomic E-state index is 6.43. The van der Waals surface area contributed by atoms with Crippen molar-refractivity contribution in [3.8, 4) is 33.9 Å². The van der Waals surface area contributed by atoms with Crippen molar-refractivity contribution >= 4 is 10.8 Å². The van der Waals surface area contributed by atoms with Gasteiger partial charge in [0.15, 0.2) is 0 Å². The second-order valence-corrected chi connectivity index (χ2v) is 10.4. The molecule has 2 heterocycles. The van der Waals surface area contributed by atoms with E-state index < -0.39 is 5.41 Å². The number of pyridine rings is 2. The summed E-state index contributed by atoms with van der Waals surface area (Å²) in [6.07, 6.45) is 3.76. The number of hydrogen-bond acceptors (Lipinski definition) is 3. The molecule has 0 amide bonds. The molecule has 43 heavy (non-hydrogen) atoms. The van der Waals surface area contributed by atoms with Gasteiger partial charge in [0, 0.05) is 23.9 Å². The third-order valence-corrected chi connectivity index (χ3v) is 8.07. The van der Waals surface area contributed by atoms with Gasteiger partial charge in [-0.3, -0.25) is 4.98 Å². The molecule has 7 aromatic rings. The van der Waals surface area contributed by atoms with E-state index in [0.717, 1.165) is 33.3 Å². The number of fused-ring (bicyclic) bond motifs is 4. The predicted molar refractivity (Wildman–Crippen MR) is 166 cm³/mol. The van der Waals surface area contributed by atoms with Gasteiger partial charge in [0.25, 0.3) is 0 Å². The Labute approximate surface area is 265 Å². The van der Waals surface area contributed by atoms with Gasteiger partial charge in [-0.2, -0.15) is 12.1 Å². The fourth-order valence-corrected chi connectivity index (χ4v) is 6.26. The smallest absolute Gasteiger partial charge is 0.503 e. The van der Waals surface area contributed by atoms with E-state index in [0.29, 0.717) is 11.5 Å². The molecule has 0 radical (unpaired) electrons. The molecule has 0 fully saturated rings. The minimum atomic E-state index is -0.631. The average Bonchev–Trinajstić information content (AvgIpc) is 3.36. The molecule has 0 N–H and O–H groups in total. The number of benzene rings is 5. The number of hydrogen-bond donors (Lipinski definition) is 0. The molecule has 0 aliphatic heterocycles. The second-order valence-electron chi connectivity index (χ2n) is 10.4. The summed E-state index contributed by atoms with van der Waals surface area (Å²) >= 11 is 0. The minimum absolute atomic E-state index is 0. The van der Waals surface area contributed by atoms with Crippen molar-refractivity contribution in [3.05, 3.63) is 180 Å². The van der Waals surface area contributed by atoms with E-state index in [1.807, 2.05) is 60.9 Å². The number of rotatable bonds is 5. The van der Waals surface area contributed by atoms with Gasteiger partial charge in [-0.1, -0.05) is 91.0 Å². The molecular formula is C39H24N2OPt. The molecule has 0 spiro atoms. The van der Waals surface area contributed by atoms with Crippen molar-refractivity contribution in [2.24, 2.45) is 0 Å². The molecule has 8 rings (SSSR count). The van der Waals surface area contributed by atoms with Gasteiger partial charge in [-0.05, 0) is 50.9 Å². The monoisotopic (exact) mass is 731 g/mol. The maximum Gasteiger partial charge on any atom is 2.00 e. The van der Waals surface area contributed by atoms with E-state index in [4.69, 9.17) is 9.72 Å². The van der Waals surface area contributed by atoms with Crippen molar-refractivity contribution in [1.82, 2.24) is 9.97 Å². The fraction of sp³-hybridized carbons (Fsp3) is 0.0256. The number of aromatic nitrogens is 2. The van der Waals surface area contributed by atoms with Gasteiger partial charge in [0.05, 0.1) is 11.1 Å². The van der Waals surface area contributed by atoms with Gasteiger partial charge in [-0.15, -0.1) is 41.5 Å². The summed E-state index contributed by atoms with van der Waals surface area (Å²) in [4.78, 5) is 9.59. The molecule has 0 atom stereocenters. The molecule has 1 aliphatic rings. The summed E-state index contributed by atoms with van der Waals surface area (Å²) in [5.41, 5.74) is 7.82. The third-order valence-electron chi connectivity index (χ3n) is 8.07. The van der Waals surface area contributed by atoms with Crippen molar-refractivity contribution in [3.63, 3.8) is 0 Å². The summed E-state index contributed by atoms with van der Waals surface area (Å²) in [5, 5.41) is 2.25. The fourth-order valence-electron chi connectivity index (χ4n) is 6.26. The average molecular weight is 732 g/mol. The van der Waals surface area contributed by atoms with E-state index in [1.165, 1.54) is 22.3 Å². The molecule has 4 heteroatoms. The Kier molecular flexibility index (Phi) is 6.97. The molecule has 3 nitrogen and oxygen atoms in total. The first-order valence-corrected chi connectivity index (χ1v) is 14.0. The molecule has 0 bridgehead atoms. The van der Waals surface area contributed by atoms with Crippen LogP contribution in [0.15, 0.2) is 146 Å². The zero-order chi connectivity index (χ0) is 27.9. The van der Waals surface area contributed by atoms with Crippen molar-refractivity contribution < 1.29 is 25.8 Å². The molecule has 206 valence electrons. The SMILES string of the molecule is [Pt+2].[c-]1c(Oc2[c-]c(C3(c4ccccn4)c4ccccc4-c4ccccc43)ccc2)cccc1-c1cc2ccccc2cn1. The third kappa shape index (κ3) is 4.49. The van der Waals surface area contributed by atoms with Crippen LogP contribution in [0.4, 0.5) is 0 Å². The first-order valence-electron chi connectivity index (χ1n) is 14.0. The molecule has 5 aromatic carbocycles. The number of nitrogens with zero attached hydrogens (tertiary/aromatic N) is 2. The quantitative estimate of drug-likeness (QED) is 0.166. The van der Waals surface area contributed by atoms with E-state index >= 15 is 0 Å². The zero-order valence-electron chi connectivity index (χ0n) is 23.0. The Hall–Kier alpha value is -4.85. The van der Waals surface area contributed by atoms with Crippen LogP contribution in [0, 0.1) is 12.1 Å². The maximum absolute atomic E-state index is 6.43. The van der Waals surface area contributed by atoms with Gasteiger partial charge in [0.2, 0.25) is 0 Å². The number of ether oxygens (including phenoxy) is 1. The molecule has 0 unspecified atom stereocenters. The summed E-state index contributed by atoms with van der Waals surface area (Å²) in [5.74, 6) is 1.22. The van der Waals surface area contributed by atoms with Crippen LogP contribution < -0.4 is 4.74 Å². The standard InChI is InChI=1S/C39H24N2O.Pt/c1-2-12-29-26-41-37(24-27(29)11-1)28-13-9-15-31(23-28)42-32-16-10-14-30(25-32)39(38-21-7-8-22-40-38)35-19-5-3-17-33(35)34-18-4-6-20-36(34)39;/h1-22,24,26H;/q-2;+2. The first kappa shape index (κ1) is 27.0. The van der Waals surface area contributed by atoms with Gasteiger partial charge in [0.1, 0.15) is 0 Å². The van der Waals surface area contributed by atoms with Gasteiger partial charge >= 0.3 is 21.1 Å².